The van der Waals surface area contributed by atoms with Gasteiger partial charge in [0.2, 0.25) is 5.76 Å². The monoisotopic (exact) mass is 400 g/mol. The summed E-state index contributed by atoms with van der Waals surface area (Å²) in [5.41, 5.74) is 1.29. The van der Waals surface area contributed by atoms with E-state index in [1.165, 1.54) is 0 Å². The molecule has 0 saturated heterocycles. The van der Waals surface area contributed by atoms with Gasteiger partial charge in [-0.3, -0.25) is 9.59 Å². The SMILES string of the molecule is Cc1ccc2oc(C(=O)OCC(=O)c3ccc(Br)cc3)cc(=O)c2c1. The normalized spacial score (nSPS) is 10.6. The van der Waals surface area contributed by atoms with Crippen LogP contribution in [0.3, 0.4) is 0 Å². The number of fused-ring (bicyclic) bond motifs is 1. The maximum absolute atomic E-state index is 12.1. The van der Waals surface area contributed by atoms with E-state index in [4.69, 9.17) is 9.15 Å². The van der Waals surface area contributed by atoms with Crippen LogP contribution < -0.4 is 5.43 Å². The van der Waals surface area contributed by atoms with Gasteiger partial charge in [-0.25, -0.2) is 4.79 Å². The number of halogens is 1. The highest BCUT2D eigenvalue weighted by atomic mass is 79.9. The number of aryl methyl sites for hydroxylation is 1. The molecule has 126 valence electrons. The number of hydrogen-bond acceptors (Lipinski definition) is 5. The van der Waals surface area contributed by atoms with Gasteiger partial charge in [0.15, 0.2) is 17.8 Å². The number of rotatable bonds is 4. The zero-order valence-electron chi connectivity index (χ0n) is 13.2. The molecule has 0 amide bonds. The average molecular weight is 401 g/mol. The first-order valence-electron chi connectivity index (χ1n) is 7.44. The highest BCUT2D eigenvalue weighted by molar-refractivity contribution is 9.10. The molecule has 0 spiro atoms. The molecule has 25 heavy (non-hydrogen) atoms. The van der Waals surface area contributed by atoms with E-state index in [1.54, 1.807) is 42.5 Å². The molecule has 1 heterocycles. The van der Waals surface area contributed by atoms with E-state index in [9.17, 15) is 14.4 Å². The summed E-state index contributed by atoms with van der Waals surface area (Å²) < 4.78 is 11.2. The van der Waals surface area contributed by atoms with Crippen molar-refractivity contribution in [2.75, 3.05) is 6.61 Å². The predicted octanol–water partition coefficient (Wildman–Crippen LogP) is 3.90. The molecule has 0 radical (unpaired) electrons. The van der Waals surface area contributed by atoms with Crippen molar-refractivity contribution in [2.24, 2.45) is 0 Å². The van der Waals surface area contributed by atoms with Crippen molar-refractivity contribution in [2.45, 2.75) is 6.92 Å². The first-order valence-corrected chi connectivity index (χ1v) is 8.24. The summed E-state index contributed by atoms with van der Waals surface area (Å²) in [5, 5.41) is 0.391. The minimum absolute atomic E-state index is 0.232. The smallest absolute Gasteiger partial charge is 0.374 e. The molecule has 0 unspecified atom stereocenters. The molecule has 3 aromatic rings. The molecule has 0 saturated carbocycles. The van der Waals surface area contributed by atoms with Gasteiger partial charge in [-0.2, -0.15) is 0 Å². The maximum Gasteiger partial charge on any atom is 0.374 e. The van der Waals surface area contributed by atoms with Gasteiger partial charge in [0.25, 0.3) is 0 Å². The quantitative estimate of drug-likeness (QED) is 0.490. The Bertz CT molecular complexity index is 1020. The molecular weight excluding hydrogens is 388 g/mol. The molecule has 0 N–H and O–H groups in total. The Morgan fingerprint density at radius 3 is 2.52 bits per heavy atom. The van der Waals surface area contributed by atoms with Crippen LogP contribution in [0.25, 0.3) is 11.0 Å². The van der Waals surface area contributed by atoms with Gasteiger partial charge in [-0.1, -0.05) is 39.7 Å². The van der Waals surface area contributed by atoms with Gasteiger partial charge < -0.3 is 9.15 Å². The predicted molar refractivity (Wildman–Crippen MR) is 96.0 cm³/mol. The zero-order chi connectivity index (χ0) is 18.0. The maximum atomic E-state index is 12.1. The number of ether oxygens (including phenoxy) is 1. The van der Waals surface area contributed by atoms with Crippen molar-refractivity contribution in [3.05, 3.63) is 80.1 Å². The standard InChI is InChI=1S/C19H13BrO5/c1-11-2-7-17-14(8-11)15(21)9-18(25-17)19(23)24-10-16(22)12-3-5-13(20)6-4-12/h2-9H,10H2,1H3. The third-order valence-electron chi connectivity index (χ3n) is 3.58. The van der Waals surface area contributed by atoms with Crippen LogP contribution in [0.4, 0.5) is 0 Å². The minimum atomic E-state index is -0.856. The third kappa shape index (κ3) is 3.85. The second-order valence-electron chi connectivity index (χ2n) is 5.48. The second kappa shape index (κ2) is 7.03. The highest BCUT2D eigenvalue weighted by Gasteiger charge is 2.16. The topological polar surface area (TPSA) is 73.6 Å². The van der Waals surface area contributed by atoms with Crippen molar-refractivity contribution >= 4 is 38.7 Å². The van der Waals surface area contributed by atoms with E-state index in [-0.39, 0.29) is 17.0 Å². The molecule has 1 aromatic heterocycles. The van der Waals surface area contributed by atoms with Crippen LogP contribution in [0.2, 0.25) is 0 Å². The fourth-order valence-electron chi connectivity index (χ4n) is 2.29. The number of ketones is 1. The minimum Gasteiger partial charge on any atom is -0.451 e. The van der Waals surface area contributed by atoms with Crippen molar-refractivity contribution < 1.29 is 18.7 Å². The molecule has 0 bridgehead atoms. The number of carbonyl (C=O) groups is 2. The van der Waals surface area contributed by atoms with Crippen LogP contribution in [0, 0.1) is 6.92 Å². The number of esters is 1. The summed E-state index contributed by atoms with van der Waals surface area (Å²) in [6, 6.07) is 12.9. The van der Waals surface area contributed by atoms with E-state index in [1.807, 2.05) is 6.92 Å². The van der Waals surface area contributed by atoms with E-state index in [0.717, 1.165) is 16.1 Å². The van der Waals surface area contributed by atoms with Crippen molar-refractivity contribution in [1.29, 1.82) is 0 Å². The first-order chi connectivity index (χ1) is 11.9. The largest absolute Gasteiger partial charge is 0.451 e. The van der Waals surface area contributed by atoms with Crippen LogP contribution in [-0.2, 0) is 4.74 Å². The Labute approximate surface area is 151 Å². The van der Waals surface area contributed by atoms with Crippen LogP contribution in [0.1, 0.15) is 26.5 Å². The van der Waals surface area contributed by atoms with Gasteiger partial charge >= 0.3 is 5.97 Å². The Balaban J connectivity index is 1.76. The van der Waals surface area contributed by atoms with Gasteiger partial charge in [0.05, 0.1) is 5.39 Å². The Hall–Kier alpha value is -2.73. The summed E-state index contributed by atoms with van der Waals surface area (Å²) >= 11 is 3.28. The molecule has 0 atom stereocenters. The van der Waals surface area contributed by atoms with E-state index < -0.39 is 12.6 Å². The molecule has 0 aliphatic carbocycles. The Morgan fingerprint density at radius 2 is 1.80 bits per heavy atom. The van der Waals surface area contributed by atoms with Crippen molar-refractivity contribution in [3.63, 3.8) is 0 Å². The van der Waals surface area contributed by atoms with Crippen LogP contribution >= 0.6 is 15.9 Å². The second-order valence-corrected chi connectivity index (χ2v) is 6.40. The van der Waals surface area contributed by atoms with E-state index in [0.29, 0.717) is 16.5 Å². The molecule has 5 nitrogen and oxygen atoms in total. The number of carbonyl (C=O) groups excluding carboxylic acids is 2. The summed E-state index contributed by atoms with van der Waals surface area (Å²) in [4.78, 5) is 36.2. The van der Waals surface area contributed by atoms with Crippen molar-refractivity contribution in [3.8, 4) is 0 Å². The lowest BCUT2D eigenvalue weighted by Crippen LogP contribution is -2.16. The zero-order valence-corrected chi connectivity index (χ0v) is 14.8. The molecule has 0 aliphatic heterocycles. The lowest BCUT2D eigenvalue weighted by atomic mass is 10.1. The molecule has 2 aromatic carbocycles. The van der Waals surface area contributed by atoms with E-state index >= 15 is 0 Å². The molecule has 3 rings (SSSR count). The van der Waals surface area contributed by atoms with Crippen LogP contribution in [0.5, 0.6) is 0 Å². The van der Waals surface area contributed by atoms with Crippen molar-refractivity contribution in [1.82, 2.24) is 0 Å². The van der Waals surface area contributed by atoms with E-state index in [2.05, 4.69) is 15.9 Å². The number of Topliss-reactive ketones (excluding diaryl/α,β-unsaturated/α-hetero) is 1. The molecular formula is C19H13BrO5. The number of hydrogen-bond donors (Lipinski definition) is 0. The summed E-state index contributed by atoms with van der Waals surface area (Å²) in [5.74, 6) is -1.44. The van der Waals surface area contributed by atoms with Crippen LogP contribution in [0.15, 0.2) is 62.2 Å². The van der Waals surface area contributed by atoms with Gasteiger partial charge in [0.1, 0.15) is 5.58 Å². The summed E-state index contributed by atoms with van der Waals surface area (Å²) in [7, 11) is 0. The highest BCUT2D eigenvalue weighted by Crippen LogP contribution is 2.15. The summed E-state index contributed by atoms with van der Waals surface area (Å²) in [6.45, 7) is 1.42. The molecule has 0 fully saturated rings. The molecule has 6 heteroatoms. The lowest BCUT2D eigenvalue weighted by molar-refractivity contribution is 0.0444. The van der Waals surface area contributed by atoms with Gasteiger partial charge in [-0.05, 0) is 31.2 Å². The Kier molecular flexibility index (Phi) is 4.81. The molecule has 0 aliphatic rings. The lowest BCUT2D eigenvalue weighted by Gasteiger charge is -2.05. The van der Waals surface area contributed by atoms with Gasteiger partial charge in [0, 0.05) is 16.1 Å². The van der Waals surface area contributed by atoms with Crippen LogP contribution in [-0.4, -0.2) is 18.4 Å². The number of benzene rings is 2. The van der Waals surface area contributed by atoms with Gasteiger partial charge in [-0.15, -0.1) is 0 Å². The Morgan fingerprint density at radius 1 is 1.08 bits per heavy atom. The third-order valence-corrected chi connectivity index (χ3v) is 4.11. The fourth-order valence-corrected chi connectivity index (χ4v) is 2.56. The average Bonchev–Trinajstić information content (AvgIpc) is 2.60. The summed E-state index contributed by atoms with van der Waals surface area (Å²) in [6.07, 6.45) is 0. The fraction of sp³-hybridized carbons (Fsp3) is 0.105. The first kappa shape index (κ1) is 17.1.